The van der Waals surface area contributed by atoms with Crippen LogP contribution in [0, 0.1) is 0 Å². The first kappa shape index (κ1) is 21.3. The molecule has 1 aliphatic rings. The fourth-order valence-electron chi connectivity index (χ4n) is 2.78. The molecule has 0 atom stereocenters. The summed E-state index contributed by atoms with van der Waals surface area (Å²) >= 11 is 0. The second-order valence-corrected chi connectivity index (χ2v) is 6.10. The number of benzene rings is 1. The van der Waals surface area contributed by atoms with Crippen LogP contribution in [-0.4, -0.2) is 53.9 Å². The number of hydrogen-bond donors (Lipinski definition) is 1. The van der Waals surface area contributed by atoms with Crippen molar-refractivity contribution in [3.05, 3.63) is 29.8 Å². The van der Waals surface area contributed by atoms with Gasteiger partial charge in [-0.2, -0.15) is 8.78 Å². The highest BCUT2D eigenvalue weighted by Gasteiger charge is 2.49. The Kier molecular flexibility index (Phi) is 6.66. The summed E-state index contributed by atoms with van der Waals surface area (Å²) in [5.74, 6) is -2.12. The highest BCUT2D eigenvalue weighted by molar-refractivity contribution is 6.08. The molecule has 0 bridgehead atoms. The molecule has 28 heavy (non-hydrogen) atoms. The molecule has 1 N–H and O–H groups in total. The number of imide groups is 1. The van der Waals surface area contributed by atoms with Gasteiger partial charge in [-0.3, -0.25) is 19.3 Å². The molecule has 1 heterocycles. The molecule has 1 aromatic rings. The molecule has 0 unspecified atom stereocenters. The van der Waals surface area contributed by atoms with E-state index >= 15 is 0 Å². The molecule has 1 fully saturated rings. The van der Waals surface area contributed by atoms with E-state index in [0.717, 1.165) is 4.90 Å². The van der Waals surface area contributed by atoms with Crippen molar-refractivity contribution in [3.8, 4) is 5.75 Å². The third-order valence-corrected chi connectivity index (χ3v) is 4.51. The van der Waals surface area contributed by atoms with Crippen LogP contribution in [0.5, 0.6) is 5.75 Å². The number of nitrogens with one attached hydrogen (secondary N) is 1. The van der Waals surface area contributed by atoms with Crippen LogP contribution >= 0.6 is 0 Å². The molecule has 1 aliphatic heterocycles. The molecular formula is C18H20F2N2O6. The molecule has 3 amide bonds. The van der Waals surface area contributed by atoms with Crippen LogP contribution in [-0.2, 0) is 14.3 Å². The number of rotatable bonds is 9. The van der Waals surface area contributed by atoms with E-state index in [1.807, 2.05) is 0 Å². The molecule has 0 aliphatic carbocycles. The number of halogens is 2. The number of hydrogen-bond acceptors (Lipinski definition) is 6. The Morgan fingerprint density at radius 3 is 2.25 bits per heavy atom. The first-order valence-corrected chi connectivity index (χ1v) is 8.60. The van der Waals surface area contributed by atoms with Gasteiger partial charge in [0.25, 0.3) is 5.91 Å². The zero-order valence-electron chi connectivity index (χ0n) is 15.4. The van der Waals surface area contributed by atoms with Crippen LogP contribution in [0.4, 0.5) is 13.6 Å². The standard InChI is InChI=1S/C18H20F2N2O6/c1-3-18(4-2)15(25)22(17(26)21-18)9-14(24)27-10-13(23)11-5-7-12(8-6-11)28-16(19)20/h5-8,16H,3-4,9-10H2,1-2H3,(H,21,26). The molecule has 0 spiro atoms. The number of amides is 3. The van der Waals surface area contributed by atoms with Crippen molar-refractivity contribution in [1.29, 1.82) is 0 Å². The maximum absolute atomic E-state index is 12.4. The van der Waals surface area contributed by atoms with E-state index in [-0.39, 0.29) is 11.3 Å². The maximum atomic E-state index is 12.4. The lowest BCUT2D eigenvalue weighted by atomic mass is 9.93. The first-order valence-electron chi connectivity index (χ1n) is 8.60. The molecule has 1 aromatic carbocycles. The van der Waals surface area contributed by atoms with Crippen molar-refractivity contribution in [2.45, 2.75) is 38.8 Å². The Morgan fingerprint density at radius 2 is 1.75 bits per heavy atom. The molecule has 8 nitrogen and oxygen atoms in total. The minimum Gasteiger partial charge on any atom is -0.456 e. The van der Waals surface area contributed by atoms with Gasteiger partial charge in [0.15, 0.2) is 12.4 Å². The van der Waals surface area contributed by atoms with Crippen LogP contribution < -0.4 is 10.1 Å². The summed E-state index contributed by atoms with van der Waals surface area (Å²) < 4.78 is 33.2. The van der Waals surface area contributed by atoms with Gasteiger partial charge in [-0.1, -0.05) is 13.8 Å². The van der Waals surface area contributed by atoms with E-state index < -0.39 is 49.0 Å². The summed E-state index contributed by atoms with van der Waals surface area (Å²) in [6.45, 7) is -0.711. The summed E-state index contributed by atoms with van der Waals surface area (Å²) in [7, 11) is 0. The lowest BCUT2D eigenvalue weighted by Gasteiger charge is -2.22. The van der Waals surface area contributed by atoms with Gasteiger partial charge in [0.05, 0.1) is 0 Å². The number of Topliss-reactive ketones (excluding diaryl/α,β-unsaturated/α-hetero) is 1. The summed E-state index contributed by atoms with van der Waals surface area (Å²) in [5, 5.41) is 2.58. The van der Waals surface area contributed by atoms with Crippen molar-refractivity contribution in [3.63, 3.8) is 0 Å². The molecular weight excluding hydrogens is 378 g/mol. The fourth-order valence-corrected chi connectivity index (χ4v) is 2.78. The Bertz CT molecular complexity index is 762. The fraction of sp³-hybridized carbons (Fsp3) is 0.444. The number of esters is 1. The van der Waals surface area contributed by atoms with E-state index in [1.165, 1.54) is 24.3 Å². The Hall–Kier alpha value is -3.04. The Morgan fingerprint density at radius 1 is 1.14 bits per heavy atom. The summed E-state index contributed by atoms with van der Waals surface area (Å²) in [5.41, 5.74) is -0.907. The minimum atomic E-state index is -2.98. The summed E-state index contributed by atoms with van der Waals surface area (Å²) in [4.78, 5) is 49.1. The van der Waals surface area contributed by atoms with Crippen LogP contribution in [0.3, 0.4) is 0 Å². The topological polar surface area (TPSA) is 102 Å². The van der Waals surface area contributed by atoms with Crippen molar-refractivity contribution < 1.29 is 37.4 Å². The van der Waals surface area contributed by atoms with Crippen molar-refractivity contribution in [1.82, 2.24) is 10.2 Å². The van der Waals surface area contributed by atoms with Gasteiger partial charge in [0.2, 0.25) is 0 Å². The summed E-state index contributed by atoms with van der Waals surface area (Å²) in [6, 6.07) is 4.18. The van der Waals surface area contributed by atoms with E-state index in [4.69, 9.17) is 4.74 Å². The van der Waals surface area contributed by atoms with Crippen LogP contribution in [0.2, 0.25) is 0 Å². The number of carbonyl (C=O) groups is 4. The molecule has 2 rings (SSSR count). The second kappa shape index (κ2) is 8.77. The average Bonchev–Trinajstić information content (AvgIpc) is 2.91. The van der Waals surface area contributed by atoms with Gasteiger partial charge in [-0.15, -0.1) is 0 Å². The number of ether oxygens (including phenoxy) is 2. The quantitative estimate of drug-likeness (QED) is 0.388. The van der Waals surface area contributed by atoms with Crippen LogP contribution in [0.1, 0.15) is 37.0 Å². The van der Waals surface area contributed by atoms with Gasteiger partial charge < -0.3 is 14.8 Å². The van der Waals surface area contributed by atoms with E-state index in [9.17, 15) is 28.0 Å². The molecule has 10 heteroatoms. The predicted molar refractivity (Wildman–Crippen MR) is 91.9 cm³/mol. The molecule has 1 saturated heterocycles. The number of carbonyl (C=O) groups excluding carboxylic acids is 4. The summed E-state index contributed by atoms with van der Waals surface area (Å²) in [6.07, 6.45) is 0.757. The molecule has 0 saturated carbocycles. The lowest BCUT2D eigenvalue weighted by molar-refractivity contribution is -0.146. The Balaban J connectivity index is 1.89. The largest absolute Gasteiger partial charge is 0.456 e. The van der Waals surface area contributed by atoms with E-state index in [1.54, 1.807) is 13.8 Å². The highest BCUT2D eigenvalue weighted by atomic mass is 19.3. The Labute approximate surface area is 159 Å². The predicted octanol–water partition coefficient (Wildman–Crippen LogP) is 2.12. The first-order chi connectivity index (χ1) is 13.2. The number of alkyl halides is 2. The van der Waals surface area contributed by atoms with Gasteiger partial charge in [0.1, 0.15) is 17.8 Å². The van der Waals surface area contributed by atoms with Crippen molar-refractivity contribution in [2.24, 2.45) is 0 Å². The van der Waals surface area contributed by atoms with E-state index in [2.05, 4.69) is 10.1 Å². The smallest absolute Gasteiger partial charge is 0.387 e. The van der Waals surface area contributed by atoms with Crippen LogP contribution in [0.25, 0.3) is 0 Å². The lowest BCUT2D eigenvalue weighted by Crippen LogP contribution is -2.46. The monoisotopic (exact) mass is 398 g/mol. The average molecular weight is 398 g/mol. The molecule has 0 aromatic heterocycles. The number of urea groups is 1. The van der Waals surface area contributed by atoms with E-state index in [0.29, 0.717) is 12.8 Å². The van der Waals surface area contributed by atoms with Crippen molar-refractivity contribution >= 4 is 23.7 Å². The minimum absolute atomic E-state index is 0.113. The van der Waals surface area contributed by atoms with Gasteiger partial charge in [-0.05, 0) is 37.1 Å². The normalized spacial score (nSPS) is 15.5. The second-order valence-electron chi connectivity index (χ2n) is 6.10. The number of nitrogens with zero attached hydrogens (tertiary/aromatic N) is 1. The highest BCUT2D eigenvalue weighted by Crippen LogP contribution is 2.24. The third kappa shape index (κ3) is 4.62. The molecule has 152 valence electrons. The number of ketones is 1. The van der Waals surface area contributed by atoms with Crippen LogP contribution in [0.15, 0.2) is 24.3 Å². The van der Waals surface area contributed by atoms with Gasteiger partial charge >= 0.3 is 18.6 Å². The zero-order valence-corrected chi connectivity index (χ0v) is 15.4. The van der Waals surface area contributed by atoms with Gasteiger partial charge in [-0.25, -0.2) is 4.79 Å². The van der Waals surface area contributed by atoms with Gasteiger partial charge in [0, 0.05) is 5.56 Å². The molecule has 0 radical (unpaired) electrons. The van der Waals surface area contributed by atoms with Crippen molar-refractivity contribution in [2.75, 3.05) is 13.2 Å². The zero-order chi connectivity index (χ0) is 20.9. The maximum Gasteiger partial charge on any atom is 0.387 e. The third-order valence-electron chi connectivity index (χ3n) is 4.51. The SMILES string of the molecule is CCC1(CC)NC(=O)N(CC(=O)OCC(=O)c2ccc(OC(F)F)cc2)C1=O.